The first kappa shape index (κ1) is 17.9. The minimum atomic E-state index is -3.38. The highest BCUT2D eigenvalue weighted by molar-refractivity contribution is 7.90. The lowest BCUT2D eigenvalue weighted by Gasteiger charge is -2.18. The van der Waals surface area contributed by atoms with Crippen molar-refractivity contribution in [2.24, 2.45) is 0 Å². The molecule has 2 aromatic rings. The third-order valence-corrected chi connectivity index (χ3v) is 4.49. The van der Waals surface area contributed by atoms with Crippen molar-refractivity contribution in [3.05, 3.63) is 59.9 Å². The number of hydrogen-bond acceptors (Lipinski definition) is 4. The van der Waals surface area contributed by atoms with Gasteiger partial charge in [-0.2, -0.15) is 0 Å². The number of halogens is 1. The highest BCUT2D eigenvalue weighted by atomic mass is 32.2. The minimum absolute atomic E-state index is 0.0874. The summed E-state index contributed by atoms with van der Waals surface area (Å²) in [5.41, 5.74) is 0.270. The standard InChI is InChI=1S/C17H18FNO4S/c1-19(10-11-23-16-9-4-3-8-15(16)18)17(20)13-6-5-7-14(12-13)24(2,21)22/h3-9,12H,10-11H2,1-2H3. The third kappa shape index (κ3) is 4.55. The summed E-state index contributed by atoms with van der Waals surface area (Å²) in [6, 6.07) is 11.9. The Morgan fingerprint density at radius 2 is 1.88 bits per heavy atom. The number of carbonyl (C=O) groups excluding carboxylic acids is 1. The van der Waals surface area contributed by atoms with Crippen LogP contribution < -0.4 is 4.74 Å². The van der Waals surface area contributed by atoms with Gasteiger partial charge in [0.1, 0.15) is 6.61 Å². The Morgan fingerprint density at radius 1 is 1.17 bits per heavy atom. The summed E-state index contributed by atoms with van der Waals surface area (Å²) in [5.74, 6) is -0.678. The van der Waals surface area contributed by atoms with Crippen LogP contribution in [0.1, 0.15) is 10.4 Å². The van der Waals surface area contributed by atoms with Crippen LogP contribution in [0.15, 0.2) is 53.4 Å². The molecule has 0 fully saturated rings. The Balaban J connectivity index is 1.99. The van der Waals surface area contributed by atoms with E-state index in [1.54, 1.807) is 25.2 Å². The molecule has 24 heavy (non-hydrogen) atoms. The van der Waals surface area contributed by atoms with Gasteiger partial charge in [-0.15, -0.1) is 0 Å². The molecule has 0 heterocycles. The number of hydrogen-bond donors (Lipinski definition) is 0. The lowest BCUT2D eigenvalue weighted by molar-refractivity contribution is 0.0772. The van der Waals surface area contributed by atoms with Gasteiger partial charge in [-0.3, -0.25) is 4.79 Å². The minimum Gasteiger partial charge on any atom is -0.489 e. The zero-order valence-electron chi connectivity index (χ0n) is 13.4. The van der Waals surface area contributed by atoms with Crippen molar-refractivity contribution in [1.29, 1.82) is 0 Å². The first-order valence-corrected chi connectivity index (χ1v) is 9.11. The number of sulfone groups is 1. The van der Waals surface area contributed by atoms with Crippen molar-refractivity contribution >= 4 is 15.7 Å². The number of para-hydroxylation sites is 1. The Hall–Kier alpha value is -2.41. The van der Waals surface area contributed by atoms with Gasteiger partial charge in [-0.25, -0.2) is 12.8 Å². The molecule has 0 saturated carbocycles. The first-order valence-electron chi connectivity index (χ1n) is 7.22. The summed E-state index contributed by atoms with van der Waals surface area (Å²) in [7, 11) is -1.81. The van der Waals surface area contributed by atoms with Gasteiger partial charge in [0.2, 0.25) is 0 Å². The molecule has 5 nitrogen and oxygen atoms in total. The zero-order valence-corrected chi connectivity index (χ0v) is 14.2. The van der Waals surface area contributed by atoms with Crippen LogP contribution in [0.4, 0.5) is 4.39 Å². The Bertz CT molecular complexity index is 836. The average Bonchev–Trinajstić information content (AvgIpc) is 2.55. The second kappa shape index (κ2) is 7.44. The molecular formula is C17H18FNO4S. The maximum absolute atomic E-state index is 13.4. The molecular weight excluding hydrogens is 333 g/mol. The number of carbonyl (C=O) groups is 1. The van der Waals surface area contributed by atoms with Crippen LogP contribution in [-0.2, 0) is 9.84 Å². The van der Waals surface area contributed by atoms with Gasteiger partial charge >= 0.3 is 0 Å². The predicted molar refractivity (Wildman–Crippen MR) is 88.4 cm³/mol. The van der Waals surface area contributed by atoms with Crippen molar-refractivity contribution in [3.63, 3.8) is 0 Å². The molecule has 0 unspecified atom stereocenters. The SMILES string of the molecule is CN(CCOc1ccccc1F)C(=O)c1cccc(S(C)(=O)=O)c1. The quantitative estimate of drug-likeness (QED) is 0.802. The van der Waals surface area contributed by atoms with Gasteiger partial charge in [0, 0.05) is 18.9 Å². The first-order chi connectivity index (χ1) is 11.3. The second-order valence-corrected chi connectivity index (χ2v) is 7.32. The van der Waals surface area contributed by atoms with Gasteiger partial charge in [-0.1, -0.05) is 18.2 Å². The summed E-state index contributed by atoms with van der Waals surface area (Å²) < 4.78 is 41.9. The molecule has 128 valence electrons. The zero-order chi connectivity index (χ0) is 17.7. The van der Waals surface area contributed by atoms with Crippen LogP contribution >= 0.6 is 0 Å². The molecule has 0 aromatic heterocycles. The van der Waals surface area contributed by atoms with E-state index in [0.29, 0.717) is 0 Å². The Labute approximate surface area is 140 Å². The molecule has 7 heteroatoms. The highest BCUT2D eigenvalue weighted by Gasteiger charge is 2.15. The smallest absolute Gasteiger partial charge is 0.253 e. The van der Waals surface area contributed by atoms with Crippen molar-refractivity contribution < 1.29 is 22.3 Å². The monoisotopic (exact) mass is 351 g/mol. The van der Waals surface area contributed by atoms with Crippen LogP contribution in [0.25, 0.3) is 0 Å². The number of likely N-dealkylation sites (N-methyl/N-ethyl adjacent to an activating group) is 1. The van der Waals surface area contributed by atoms with E-state index in [4.69, 9.17) is 4.74 Å². The third-order valence-electron chi connectivity index (χ3n) is 3.38. The number of rotatable bonds is 6. The summed E-state index contributed by atoms with van der Waals surface area (Å²) in [4.78, 5) is 13.8. The van der Waals surface area contributed by atoms with E-state index in [2.05, 4.69) is 0 Å². The topological polar surface area (TPSA) is 63.7 Å². The summed E-state index contributed by atoms with van der Waals surface area (Å²) in [6.07, 6.45) is 1.09. The van der Waals surface area contributed by atoms with E-state index in [1.807, 2.05) is 0 Å². The van der Waals surface area contributed by atoms with Gasteiger partial charge in [-0.05, 0) is 30.3 Å². The molecule has 1 amide bonds. The molecule has 0 aliphatic heterocycles. The highest BCUT2D eigenvalue weighted by Crippen LogP contribution is 2.16. The largest absolute Gasteiger partial charge is 0.489 e. The molecule has 0 bridgehead atoms. The van der Waals surface area contributed by atoms with E-state index in [-0.39, 0.29) is 35.3 Å². The molecule has 0 aliphatic rings. The maximum atomic E-state index is 13.4. The summed E-state index contributed by atoms with van der Waals surface area (Å²) >= 11 is 0. The molecule has 0 radical (unpaired) electrons. The fourth-order valence-electron chi connectivity index (χ4n) is 2.04. The summed E-state index contributed by atoms with van der Waals surface area (Å²) in [5, 5.41) is 0. The van der Waals surface area contributed by atoms with Gasteiger partial charge < -0.3 is 9.64 Å². The van der Waals surface area contributed by atoms with E-state index in [0.717, 1.165) is 6.26 Å². The van der Waals surface area contributed by atoms with Crippen molar-refractivity contribution in [2.75, 3.05) is 26.5 Å². The molecule has 2 rings (SSSR count). The number of nitrogens with zero attached hydrogens (tertiary/aromatic N) is 1. The van der Waals surface area contributed by atoms with Crippen molar-refractivity contribution in [1.82, 2.24) is 4.90 Å². The van der Waals surface area contributed by atoms with E-state index >= 15 is 0 Å². The fraction of sp³-hybridized carbons (Fsp3) is 0.235. The fourth-order valence-corrected chi connectivity index (χ4v) is 2.70. The van der Waals surface area contributed by atoms with Crippen LogP contribution in [0.5, 0.6) is 5.75 Å². The summed E-state index contributed by atoms with van der Waals surface area (Å²) in [6.45, 7) is 0.352. The number of amides is 1. The van der Waals surface area contributed by atoms with Crippen LogP contribution in [0.3, 0.4) is 0 Å². The van der Waals surface area contributed by atoms with Crippen molar-refractivity contribution in [2.45, 2.75) is 4.90 Å². The van der Waals surface area contributed by atoms with E-state index in [9.17, 15) is 17.6 Å². The number of ether oxygens (including phenoxy) is 1. The van der Waals surface area contributed by atoms with Gasteiger partial charge in [0.05, 0.1) is 11.4 Å². The molecule has 0 saturated heterocycles. The van der Waals surface area contributed by atoms with Crippen molar-refractivity contribution in [3.8, 4) is 5.75 Å². The van der Waals surface area contributed by atoms with E-state index < -0.39 is 15.7 Å². The molecule has 0 aliphatic carbocycles. The lowest BCUT2D eigenvalue weighted by Crippen LogP contribution is -2.31. The van der Waals surface area contributed by atoms with Crippen LogP contribution in [-0.4, -0.2) is 45.7 Å². The number of benzene rings is 2. The average molecular weight is 351 g/mol. The van der Waals surface area contributed by atoms with Crippen LogP contribution in [0, 0.1) is 5.82 Å². The van der Waals surface area contributed by atoms with E-state index in [1.165, 1.54) is 35.2 Å². The molecule has 0 spiro atoms. The molecule has 0 N–H and O–H groups in total. The maximum Gasteiger partial charge on any atom is 0.253 e. The van der Waals surface area contributed by atoms with Gasteiger partial charge in [0.15, 0.2) is 21.4 Å². The predicted octanol–water partition coefficient (Wildman–Crippen LogP) is 2.38. The van der Waals surface area contributed by atoms with Crippen LogP contribution in [0.2, 0.25) is 0 Å². The Kier molecular flexibility index (Phi) is 5.56. The second-order valence-electron chi connectivity index (χ2n) is 5.31. The van der Waals surface area contributed by atoms with Gasteiger partial charge in [0.25, 0.3) is 5.91 Å². The normalized spacial score (nSPS) is 11.1. The molecule has 0 atom stereocenters. The Morgan fingerprint density at radius 3 is 2.54 bits per heavy atom. The lowest BCUT2D eigenvalue weighted by atomic mass is 10.2. The molecule has 2 aromatic carbocycles.